The number of hydrogen-bond donors (Lipinski definition) is 1. The van der Waals surface area contributed by atoms with Crippen molar-refractivity contribution in [3.05, 3.63) is 0 Å². The van der Waals surface area contributed by atoms with Crippen LogP contribution in [0.2, 0.25) is 0 Å². The summed E-state index contributed by atoms with van der Waals surface area (Å²) in [6, 6.07) is 0.0623. The molecule has 1 atom stereocenters. The van der Waals surface area contributed by atoms with Crippen LogP contribution in [0.25, 0.3) is 0 Å². The molecule has 0 aromatic rings. The minimum absolute atomic E-state index is 0.0510. The van der Waals surface area contributed by atoms with Crippen molar-refractivity contribution in [3.8, 4) is 0 Å². The normalized spacial score (nSPS) is 11.0. The zero-order valence-electron chi connectivity index (χ0n) is 28.6. The van der Waals surface area contributed by atoms with E-state index in [4.69, 9.17) is 4.74 Å². The van der Waals surface area contributed by atoms with E-state index >= 15 is 0 Å². The Labute approximate surface area is 255 Å². The third-order valence-corrected chi connectivity index (χ3v) is 6.68. The Morgan fingerprint density at radius 2 is 1.27 bits per heavy atom. The highest BCUT2D eigenvalue weighted by Gasteiger charge is 2.17. The zero-order valence-corrected chi connectivity index (χ0v) is 28.6. The summed E-state index contributed by atoms with van der Waals surface area (Å²) in [4.78, 5) is 36.1. The van der Waals surface area contributed by atoms with Gasteiger partial charge in [-0.15, -0.1) is 0 Å². The quantitative estimate of drug-likeness (QED) is 0.0656. The van der Waals surface area contributed by atoms with Crippen molar-refractivity contribution in [1.82, 2.24) is 10.2 Å². The van der Waals surface area contributed by atoms with Crippen LogP contribution in [0.1, 0.15) is 158 Å². The van der Waals surface area contributed by atoms with E-state index in [0.29, 0.717) is 32.4 Å². The molecule has 246 valence electrons. The molecule has 0 aliphatic heterocycles. The van der Waals surface area contributed by atoms with Crippen LogP contribution in [0.15, 0.2) is 0 Å². The lowest BCUT2D eigenvalue weighted by atomic mass is 10.0. The van der Waals surface area contributed by atoms with Gasteiger partial charge in [0.05, 0.1) is 13.1 Å². The first-order valence-corrected chi connectivity index (χ1v) is 17.0. The van der Waals surface area contributed by atoms with Gasteiger partial charge in [0.1, 0.15) is 13.2 Å². The maximum atomic E-state index is 12.4. The van der Waals surface area contributed by atoms with E-state index in [-0.39, 0.29) is 31.1 Å². The van der Waals surface area contributed by atoms with Gasteiger partial charge in [-0.25, -0.2) is 0 Å². The van der Waals surface area contributed by atoms with Gasteiger partial charge in [0.2, 0.25) is 5.91 Å². The summed E-state index contributed by atoms with van der Waals surface area (Å²) in [5, 5.41) is 3.19. The average Bonchev–Trinajstić information content (AvgIpc) is 2.94. The van der Waals surface area contributed by atoms with E-state index in [1.54, 1.807) is 4.90 Å². The smallest absolute Gasteiger partial charge is 0.305 e. The maximum absolute atomic E-state index is 12.4. The second kappa shape index (κ2) is 36.4. The molecular weight excluding hydrogens is 516 g/mol. The van der Waals surface area contributed by atoms with E-state index in [2.05, 4.69) is 51.6 Å². The molecule has 0 saturated carbocycles. The predicted molar refractivity (Wildman–Crippen MR) is 174 cm³/mol. The summed E-state index contributed by atoms with van der Waals surface area (Å²) in [5.74, 6) is 0.634. The molecule has 7 heteroatoms. The standard InChI is InChI=1S/C20H38N2O5.C10H22.C4H10/c1-4-6-7-8-9-10-11-20(25)27-15-13-22(12-14-26-17-23)19(24)16-18(3)21-5-2;1-4-5-6-7-8-9-10(2)3;1-3-4-2/h17-18,21H,4-16H2,1-3H3;10H,4-9H2,1-3H3;3-4H2,1-2H3. The molecule has 0 fully saturated rings. The number of unbranched alkanes of at least 4 members (excludes halogenated alkanes) is 10. The topological polar surface area (TPSA) is 84.9 Å². The summed E-state index contributed by atoms with van der Waals surface area (Å²) < 4.78 is 9.94. The zero-order chi connectivity index (χ0) is 31.6. The van der Waals surface area contributed by atoms with Crippen molar-refractivity contribution in [2.45, 2.75) is 164 Å². The fraction of sp³-hybridized carbons (Fsp3) is 0.912. The number of ether oxygens (including phenoxy) is 2. The molecule has 0 spiro atoms. The second-order valence-electron chi connectivity index (χ2n) is 11.3. The largest absolute Gasteiger partial charge is 0.466 e. The van der Waals surface area contributed by atoms with Gasteiger partial charge in [0.25, 0.3) is 6.47 Å². The van der Waals surface area contributed by atoms with Crippen LogP contribution in [-0.4, -0.2) is 62.1 Å². The van der Waals surface area contributed by atoms with Gasteiger partial charge < -0.3 is 19.7 Å². The van der Waals surface area contributed by atoms with E-state index in [9.17, 15) is 14.4 Å². The second-order valence-corrected chi connectivity index (χ2v) is 11.3. The first-order chi connectivity index (χ1) is 19.7. The highest BCUT2D eigenvalue weighted by Crippen LogP contribution is 2.10. The Balaban J connectivity index is -0.000000847. The molecule has 0 aliphatic carbocycles. The number of carbonyl (C=O) groups excluding carboxylic acids is 3. The Hall–Kier alpha value is -1.63. The first-order valence-electron chi connectivity index (χ1n) is 17.0. The number of esters is 1. The number of nitrogens with one attached hydrogen (secondary N) is 1. The molecule has 0 aliphatic rings. The molecular formula is C34H70N2O5. The van der Waals surface area contributed by atoms with Crippen LogP contribution in [0.4, 0.5) is 0 Å². The van der Waals surface area contributed by atoms with Crippen LogP contribution in [0, 0.1) is 5.92 Å². The fourth-order valence-electron chi connectivity index (χ4n) is 3.93. The molecule has 1 unspecified atom stereocenters. The third-order valence-electron chi connectivity index (χ3n) is 6.68. The molecule has 0 rings (SSSR count). The van der Waals surface area contributed by atoms with Gasteiger partial charge in [-0.3, -0.25) is 14.4 Å². The third kappa shape index (κ3) is 38.4. The Kier molecular flexibility index (Phi) is 38.9. The highest BCUT2D eigenvalue weighted by atomic mass is 16.5. The van der Waals surface area contributed by atoms with E-state index in [1.165, 1.54) is 70.6 Å². The molecule has 0 saturated heterocycles. The molecule has 0 aromatic carbocycles. The van der Waals surface area contributed by atoms with E-state index < -0.39 is 0 Å². The van der Waals surface area contributed by atoms with Crippen molar-refractivity contribution >= 4 is 18.3 Å². The van der Waals surface area contributed by atoms with Gasteiger partial charge in [0, 0.05) is 18.9 Å². The number of rotatable bonds is 25. The molecule has 0 radical (unpaired) electrons. The summed E-state index contributed by atoms with van der Waals surface area (Å²) >= 11 is 0. The molecule has 0 heterocycles. The van der Waals surface area contributed by atoms with Crippen LogP contribution in [-0.2, 0) is 23.9 Å². The SMILES string of the molecule is CCCC.CCCCCCCC(C)C.CCCCCCCCC(=O)OCCN(CCOC=O)C(=O)CC(C)NCC. The average molecular weight is 587 g/mol. The minimum Gasteiger partial charge on any atom is -0.466 e. The molecule has 1 amide bonds. The van der Waals surface area contributed by atoms with Gasteiger partial charge in [-0.05, 0) is 25.8 Å². The lowest BCUT2D eigenvalue weighted by molar-refractivity contribution is -0.146. The molecule has 0 bridgehead atoms. The molecule has 0 aromatic heterocycles. The van der Waals surface area contributed by atoms with Gasteiger partial charge in [0.15, 0.2) is 0 Å². The van der Waals surface area contributed by atoms with Crippen molar-refractivity contribution in [1.29, 1.82) is 0 Å². The van der Waals surface area contributed by atoms with Gasteiger partial charge in [-0.2, -0.15) is 0 Å². The number of amides is 1. The summed E-state index contributed by atoms with van der Waals surface area (Å²) in [6.07, 6.45) is 18.7. The van der Waals surface area contributed by atoms with Crippen LogP contribution in [0.5, 0.6) is 0 Å². The monoisotopic (exact) mass is 587 g/mol. The molecule has 1 N–H and O–H groups in total. The van der Waals surface area contributed by atoms with E-state index in [0.717, 1.165) is 31.7 Å². The first kappa shape index (κ1) is 43.8. The summed E-state index contributed by atoms with van der Waals surface area (Å²) in [6.45, 7) is 19.4. The van der Waals surface area contributed by atoms with Crippen molar-refractivity contribution in [2.75, 3.05) is 32.8 Å². The lowest BCUT2D eigenvalue weighted by Gasteiger charge is -2.24. The summed E-state index contributed by atoms with van der Waals surface area (Å²) in [5.41, 5.74) is 0. The number of hydrogen-bond acceptors (Lipinski definition) is 6. The van der Waals surface area contributed by atoms with Crippen molar-refractivity contribution in [3.63, 3.8) is 0 Å². The fourth-order valence-corrected chi connectivity index (χ4v) is 3.93. The van der Waals surface area contributed by atoms with Gasteiger partial charge >= 0.3 is 5.97 Å². The highest BCUT2D eigenvalue weighted by molar-refractivity contribution is 5.77. The lowest BCUT2D eigenvalue weighted by Crippen LogP contribution is -2.40. The summed E-state index contributed by atoms with van der Waals surface area (Å²) in [7, 11) is 0. The van der Waals surface area contributed by atoms with Gasteiger partial charge in [-0.1, -0.05) is 132 Å². The number of carbonyl (C=O) groups is 3. The maximum Gasteiger partial charge on any atom is 0.305 e. The predicted octanol–water partition coefficient (Wildman–Crippen LogP) is 8.48. The minimum atomic E-state index is -0.219. The van der Waals surface area contributed by atoms with Crippen molar-refractivity contribution in [2.24, 2.45) is 5.92 Å². The van der Waals surface area contributed by atoms with Crippen molar-refractivity contribution < 1.29 is 23.9 Å². The Bertz CT molecular complexity index is 555. The van der Waals surface area contributed by atoms with Crippen LogP contribution < -0.4 is 5.32 Å². The van der Waals surface area contributed by atoms with E-state index in [1.807, 2.05) is 13.8 Å². The molecule has 7 nitrogen and oxygen atoms in total. The Morgan fingerprint density at radius 1 is 0.732 bits per heavy atom. The van der Waals surface area contributed by atoms with Crippen LogP contribution >= 0.6 is 0 Å². The number of nitrogens with zero attached hydrogens (tertiary/aromatic N) is 1. The molecule has 41 heavy (non-hydrogen) atoms. The van der Waals surface area contributed by atoms with Crippen LogP contribution in [0.3, 0.4) is 0 Å². The Morgan fingerprint density at radius 3 is 1.78 bits per heavy atom.